The summed E-state index contributed by atoms with van der Waals surface area (Å²) in [6.07, 6.45) is 9.04. The number of hydrogen-bond acceptors (Lipinski definition) is 1. The van der Waals surface area contributed by atoms with Crippen LogP contribution in [0.15, 0.2) is 0 Å². The van der Waals surface area contributed by atoms with Gasteiger partial charge in [0, 0.05) is 12.6 Å². The zero-order valence-electron chi connectivity index (χ0n) is 10.7. The molecule has 1 rings (SSSR count). The highest BCUT2D eigenvalue weighted by atomic mass is 32.1. The van der Waals surface area contributed by atoms with Crippen molar-refractivity contribution in [2.75, 3.05) is 6.54 Å². The molecule has 0 bridgehead atoms. The van der Waals surface area contributed by atoms with Crippen LogP contribution in [0.2, 0.25) is 0 Å². The lowest BCUT2D eigenvalue weighted by Crippen LogP contribution is -2.42. The Morgan fingerprint density at radius 1 is 1.25 bits per heavy atom. The van der Waals surface area contributed by atoms with Crippen molar-refractivity contribution in [1.82, 2.24) is 10.6 Å². The molecule has 1 aliphatic carbocycles. The third-order valence-electron chi connectivity index (χ3n) is 3.41. The van der Waals surface area contributed by atoms with Crippen LogP contribution in [-0.2, 0) is 0 Å². The Labute approximate surface area is 106 Å². The van der Waals surface area contributed by atoms with Gasteiger partial charge in [0.1, 0.15) is 0 Å². The number of unbranched alkanes of at least 4 members (excludes halogenated alkanes) is 1. The fourth-order valence-electron chi connectivity index (χ4n) is 2.25. The van der Waals surface area contributed by atoms with Gasteiger partial charge in [0.05, 0.1) is 0 Å². The lowest BCUT2D eigenvalue weighted by atomic mass is 10.0. The third kappa shape index (κ3) is 5.69. The molecule has 94 valence electrons. The summed E-state index contributed by atoms with van der Waals surface area (Å²) >= 11 is 5.30. The van der Waals surface area contributed by atoms with Crippen LogP contribution in [-0.4, -0.2) is 17.7 Å². The van der Waals surface area contributed by atoms with Crippen molar-refractivity contribution < 1.29 is 0 Å². The van der Waals surface area contributed by atoms with Crippen LogP contribution in [0.1, 0.15) is 58.8 Å². The molecule has 3 heteroatoms. The first-order valence-electron chi connectivity index (χ1n) is 6.76. The van der Waals surface area contributed by atoms with Crippen molar-refractivity contribution >= 4 is 17.3 Å². The molecular formula is C13H26N2S. The second-order valence-corrected chi connectivity index (χ2v) is 5.47. The largest absolute Gasteiger partial charge is 0.363 e. The van der Waals surface area contributed by atoms with E-state index in [1.165, 1.54) is 44.9 Å². The SMILES string of the molecule is CCCCNC(=S)NC1CCCC(C)CC1. The standard InChI is InChI=1S/C13H26N2S/c1-3-4-10-14-13(16)15-12-7-5-6-11(2)8-9-12/h11-12H,3-10H2,1-2H3,(H2,14,15,16). The van der Waals surface area contributed by atoms with Crippen molar-refractivity contribution in [2.24, 2.45) is 5.92 Å². The van der Waals surface area contributed by atoms with Crippen LogP contribution in [0.4, 0.5) is 0 Å². The van der Waals surface area contributed by atoms with Crippen molar-refractivity contribution in [3.8, 4) is 0 Å². The van der Waals surface area contributed by atoms with Crippen LogP contribution in [0.5, 0.6) is 0 Å². The molecule has 2 nitrogen and oxygen atoms in total. The molecule has 2 atom stereocenters. The first-order valence-corrected chi connectivity index (χ1v) is 7.17. The molecule has 0 aromatic carbocycles. The van der Waals surface area contributed by atoms with Gasteiger partial charge >= 0.3 is 0 Å². The molecular weight excluding hydrogens is 216 g/mol. The smallest absolute Gasteiger partial charge is 0.166 e. The molecule has 2 N–H and O–H groups in total. The van der Waals surface area contributed by atoms with E-state index in [0.717, 1.165) is 17.6 Å². The Kier molecular flexibility index (Phi) is 6.78. The summed E-state index contributed by atoms with van der Waals surface area (Å²) in [6, 6.07) is 0.603. The lowest BCUT2D eigenvalue weighted by Gasteiger charge is -2.19. The summed E-state index contributed by atoms with van der Waals surface area (Å²) in [5, 5.41) is 7.60. The van der Waals surface area contributed by atoms with Gasteiger partial charge in [-0.15, -0.1) is 0 Å². The molecule has 0 heterocycles. The van der Waals surface area contributed by atoms with Crippen LogP contribution in [0.25, 0.3) is 0 Å². The van der Waals surface area contributed by atoms with Crippen LogP contribution in [0.3, 0.4) is 0 Å². The fraction of sp³-hybridized carbons (Fsp3) is 0.923. The Morgan fingerprint density at radius 3 is 2.81 bits per heavy atom. The van der Waals surface area contributed by atoms with E-state index in [4.69, 9.17) is 12.2 Å². The maximum Gasteiger partial charge on any atom is 0.166 e. The molecule has 0 aromatic heterocycles. The Bertz CT molecular complexity index is 206. The maximum atomic E-state index is 5.30. The van der Waals surface area contributed by atoms with Gasteiger partial charge in [-0.1, -0.05) is 33.1 Å². The first kappa shape index (κ1) is 13.8. The number of thiocarbonyl (C=S) groups is 1. The van der Waals surface area contributed by atoms with Gasteiger partial charge in [0.2, 0.25) is 0 Å². The molecule has 0 spiro atoms. The first-order chi connectivity index (χ1) is 7.72. The maximum absolute atomic E-state index is 5.30. The summed E-state index contributed by atoms with van der Waals surface area (Å²) < 4.78 is 0. The van der Waals surface area contributed by atoms with Gasteiger partial charge < -0.3 is 10.6 Å². The lowest BCUT2D eigenvalue weighted by molar-refractivity contribution is 0.488. The van der Waals surface area contributed by atoms with E-state index in [-0.39, 0.29) is 0 Å². The summed E-state index contributed by atoms with van der Waals surface area (Å²) in [7, 11) is 0. The number of rotatable bonds is 4. The van der Waals surface area contributed by atoms with Crippen molar-refractivity contribution in [1.29, 1.82) is 0 Å². The summed E-state index contributed by atoms with van der Waals surface area (Å²) in [5.41, 5.74) is 0. The number of nitrogens with one attached hydrogen (secondary N) is 2. The minimum atomic E-state index is 0.603. The van der Waals surface area contributed by atoms with E-state index in [0.29, 0.717) is 6.04 Å². The van der Waals surface area contributed by atoms with E-state index in [9.17, 15) is 0 Å². The van der Waals surface area contributed by atoms with E-state index < -0.39 is 0 Å². The van der Waals surface area contributed by atoms with Gasteiger partial charge in [-0.2, -0.15) is 0 Å². The van der Waals surface area contributed by atoms with Crippen LogP contribution in [0, 0.1) is 5.92 Å². The second-order valence-electron chi connectivity index (χ2n) is 5.06. The van der Waals surface area contributed by atoms with Crippen molar-refractivity contribution in [3.63, 3.8) is 0 Å². The minimum absolute atomic E-state index is 0.603. The zero-order chi connectivity index (χ0) is 11.8. The Hall–Kier alpha value is -0.310. The molecule has 0 aromatic rings. The van der Waals surface area contributed by atoms with Crippen LogP contribution >= 0.6 is 12.2 Å². The van der Waals surface area contributed by atoms with Crippen LogP contribution < -0.4 is 10.6 Å². The van der Waals surface area contributed by atoms with Gasteiger partial charge in [-0.05, 0) is 43.8 Å². The average Bonchev–Trinajstić information content (AvgIpc) is 2.44. The predicted octanol–water partition coefficient (Wildman–Crippen LogP) is 3.22. The summed E-state index contributed by atoms with van der Waals surface area (Å²) in [5.74, 6) is 0.897. The monoisotopic (exact) mass is 242 g/mol. The van der Waals surface area contributed by atoms with E-state index in [2.05, 4.69) is 24.5 Å². The summed E-state index contributed by atoms with van der Waals surface area (Å²) in [4.78, 5) is 0. The highest BCUT2D eigenvalue weighted by molar-refractivity contribution is 7.80. The van der Waals surface area contributed by atoms with Gasteiger partial charge in [-0.3, -0.25) is 0 Å². The Morgan fingerprint density at radius 2 is 2.06 bits per heavy atom. The average molecular weight is 242 g/mol. The fourth-order valence-corrected chi connectivity index (χ4v) is 2.52. The molecule has 2 unspecified atom stereocenters. The highest BCUT2D eigenvalue weighted by Crippen LogP contribution is 2.22. The number of hydrogen-bond donors (Lipinski definition) is 2. The molecule has 1 fully saturated rings. The predicted molar refractivity (Wildman–Crippen MR) is 74.7 cm³/mol. The van der Waals surface area contributed by atoms with Gasteiger partial charge in [0.15, 0.2) is 5.11 Å². The van der Waals surface area contributed by atoms with Crippen molar-refractivity contribution in [2.45, 2.75) is 64.8 Å². The van der Waals surface area contributed by atoms with Gasteiger partial charge in [0.25, 0.3) is 0 Å². The normalized spacial score (nSPS) is 25.9. The molecule has 16 heavy (non-hydrogen) atoms. The summed E-state index contributed by atoms with van der Waals surface area (Å²) in [6.45, 7) is 5.57. The molecule has 1 aliphatic rings. The van der Waals surface area contributed by atoms with Crippen molar-refractivity contribution in [3.05, 3.63) is 0 Å². The van der Waals surface area contributed by atoms with Gasteiger partial charge in [-0.25, -0.2) is 0 Å². The quantitative estimate of drug-likeness (QED) is 0.450. The highest BCUT2D eigenvalue weighted by Gasteiger charge is 2.16. The van der Waals surface area contributed by atoms with E-state index >= 15 is 0 Å². The second kappa shape index (κ2) is 7.88. The zero-order valence-corrected chi connectivity index (χ0v) is 11.5. The molecule has 0 saturated heterocycles. The molecule has 0 aliphatic heterocycles. The Balaban J connectivity index is 2.17. The molecule has 1 saturated carbocycles. The third-order valence-corrected chi connectivity index (χ3v) is 3.67. The molecule has 0 radical (unpaired) electrons. The van der Waals surface area contributed by atoms with E-state index in [1.54, 1.807) is 0 Å². The minimum Gasteiger partial charge on any atom is -0.363 e. The molecule has 0 amide bonds. The topological polar surface area (TPSA) is 24.1 Å². The van der Waals surface area contributed by atoms with E-state index in [1.807, 2.05) is 0 Å².